The summed E-state index contributed by atoms with van der Waals surface area (Å²) in [5, 5.41) is 0. The number of nitrogens with zero attached hydrogens (tertiary/aromatic N) is 2. The Hall–Kier alpha value is -1.46. The fourth-order valence-corrected chi connectivity index (χ4v) is 1.64. The predicted octanol–water partition coefficient (Wildman–Crippen LogP) is 2.19. The fraction of sp³-hybridized carbons (Fsp3) is 0.500. The van der Waals surface area contributed by atoms with Gasteiger partial charge in [-0.25, -0.2) is 4.98 Å². The van der Waals surface area contributed by atoms with Crippen molar-refractivity contribution in [2.45, 2.75) is 25.1 Å². The molecule has 3 nitrogen and oxygen atoms in total. The van der Waals surface area contributed by atoms with E-state index in [1.165, 1.54) is 11.1 Å². The van der Waals surface area contributed by atoms with E-state index in [0.717, 1.165) is 12.8 Å². The highest BCUT2D eigenvalue weighted by Gasteiger charge is 2.38. The second kappa shape index (κ2) is 3.84. The first kappa shape index (κ1) is 11.0. The molecule has 0 atom stereocenters. The van der Waals surface area contributed by atoms with Crippen molar-refractivity contribution in [3.8, 4) is 0 Å². The van der Waals surface area contributed by atoms with Crippen molar-refractivity contribution in [3.05, 3.63) is 18.3 Å². The number of nitrogens with two attached hydrogens (primary N) is 1. The summed E-state index contributed by atoms with van der Waals surface area (Å²) in [5.41, 5.74) is 5.96. The summed E-state index contributed by atoms with van der Waals surface area (Å²) in [6, 6.07) is 3.12. The van der Waals surface area contributed by atoms with Crippen LogP contribution in [0.2, 0.25) is 0 Å². The molecule has 0 unspecified atom stereocenters. The van der Waals surface area contributed by atoms with Gasteiger partial charge in [-0.05, 0) is 25.0 Å². The minimum atomic E-state index is -4.22. The largest absolute Gasteiger partial charge is 0.405 e. The molecule has 0 bridgehead atoms. The Morgan fingerprint density at radius 2 is 2.12 bits per heavy atom. The van der Waals surface area contributed by atoms with Gasteiger partial charge in [-0.15, -0.1) is 0 Å². The van der Waals surface area contributed by atoms with Gasteiger partial charge in [0.05, 0.1) is 5.69 Å². The summed E-state index contributed by atoms with van der Waals surface area (Å²) in [6.07, 6.45) is -1.18. The lowest BCUT2D eigenvalue weighted by atomic mass is 10.3. The summed E-state index contributed by atoms with van der Waals surface area (Å²) >= 11 is 0. The van der Waals surface area contributed by atoms with E-state index in [1.807, 2.05) is 0 Å². The number of halogens is 3. The van der Waals surface area contributed by atoms with Crippen LogP contribution < -0.4 is 10.6 Å². The Morgan fingerprint density at radius 3 is 2.62 bits per heavy atom. The van der Waals surface area contributed by atoms with Crippen LogP contribution in [0.1, 0.15) is 12.8 Å². The molecular formula is C10H12F3N3. The minimum absolute atomic E-state index is 0.0480. The summed E-state index contributed by atoms with van der Waals surface area (Å²) < 4.78 is 37.2. The van der Waals surface area contributed by atoms with Gasteiger partial charge in [-0.2, -0.15) is 13.2 Å². The molecule has 1 aromatic heterocycles. The molecule has 2 N–H and O–H groups in total. The SMILES string of the molecule is Nc1ncccc1N(CC(F)(F)F)C1CC1. The van der Waals surface area contributed by atoms with Crippen LogP contribution in [0.25, 0.3) is 0 Å². The molecule has 1 aromatic rings. The van der Waals surface area contributed by atoms with Gasteiger partial charge >= 0.3 is 6.18 Å². The van der Waals surface area contributed by atoms with Gasteiger partial charge in [-0.3, -0.25) is 0 Å². The molecular weight excluding hydrogens is 219 g/mol. The quantitative estimate of drug-likeness (QED) is 0.867. The highest BCUT2D eigenvalue weighted by Crippen LogP contribution is 2.36. The molecule has 0 aliphatic heterocycles. The van der Waals surface area contributed by atoms with Gasteiger partial charge in [0.2, 0.25) is 0 Å². The van der Waals surface area contributed by atoms with Crippen molar-refractivity contribution < 1.29 is 13.2 Å². The molecule has 0 spiro atoms. The Labute approximate surface area is 91.1 Å². The molecule has 0 radical (unpaired) electrons. The summed E-state index contributed by atoms with van der Waals surface area (Å²) in [4.78, 5) is 5.10. The molecule has 0 aromatic carbocycles. The number of rotatable bonds is 3. The molecule has 0 amide bonds. The Balaban J connectivity index is 2.23. The van der Waals surface area contributed by atoms with Crippen LogP contribution in [0.15, 0.2) is 18.3 Å². The third-order valence-corrected chi connectivity index (χ3v) is 2.46. The smallest absolute Gasteiger partial charge is 0.382 e. The number of nitrogen functional groups attached to an aromatic ring is 1. The van der Waals surface area contributed by atoms with Gasteiger partial charge < -0.3 is 10.6 Å². The summed E-state index contributed by atoms with van der Waals surface area (Å²) in [6.45, 7) is -0.965. The van der Waals surface area contributed by atoms with E-state index in [-0.39, 0.29) is 11.9 Å². The van der Waals surface area contributed by atoms with E-state index in [2.05, 4.69) is 4.98 Å². The normalized spacial score (nSPS) is 16.2. The van der Waals surface area contributed by atoms with Crippen LogP contribution >= 0.6 is 0 Å². The van der Waals surface area contributed by atoms with E-state index in [0.29, 0.717) is 5.69 Å². The third-order valence-electron chi connectivity index (χ3n) is 2.46. The topological polar surface area (TPSA) is 42.1 Å². The second-order valence-electron chi connectivity index (χ2n) is 3.88. The van der Waals surface area contributed by atoms with Crippen molar-refractivity contribution in [1.82, 2.24) is 4.98 Å². The zero-order valence-corrected chi connectivity index (χ0v) is 8.54. The molecule has 2 rings (SSSR count). The lowest BCUT2D eigenvalue weighted by molar-refractivity contribution is -0.119. The summed E-state index contributed by atoms with van der Waals surface area (Å²) in [5.74, 6) is 0.152. The fourth-order valence-electron chi connectivity index (χ4n) is 1.64. The van der Waals surface area contributed by atoms with Crippen LogP contribution in [-0.4, -0.2) is 23.7 Å². The number of aromatic nitrogens is 1. The van der Waals surface area contributed by atoms with Gasteiger partial charge in [0.15, 0.2) is 0 Å². The van der Waals surface area contributed by atoms with Crippen molar-refractivity contribution in [1.29, 1.82) is 0 Å². The average Bonchev–Trinajstić information content (AvgIpc) is 2.97. The third kappa shape index (κ3) is 2.56. The molecule has 88 valence electrons. The predicted molar refractivity (Wildman–Crippen MR) is 55.1 cm³/mol. The maximum Gasteiger partial charge on any atom is 0.405 e. The van der Waals surface area contributed by atoms with Crippen LogP contribution in [-0.2, 0) is 0 Å². The van der Waals surface area contributed by atoms with Gasteiger partial charge in [0.1, 0.15) is 12.4 Å². The molecule has 1 heterocycles. The molecule has 16 heavy (non-hydrogen) atoms. The van der Waals surface area contributed by atoms with E-state index < -0.39 is 12.7 Å². The van der Waals surface area contributed by atoms with Crippen LogP contribution in [0.3, 0.4) is 0 Å². The maximum atomic E-state index is 12.4. The van der Waals surface area contributed by atoms with Crippen molar-refractivity contribution in [3.63, 3.8) is 0 Å². The van der Waals surface area contributed by atoms with E-state index in [9.17, 15) is 13.2 Å². The number of alkyl halides is 3. The van der Waals surface area contributed by atoms with Gasteiger partial charge in [0, 0.05) is 12.2 Å². The number of hydrogen-bond donors (Lipinski definition) is 1. The first-order valence-electron chi connectivity index (χ1n) is 5.01. The first-order valence-corrected chi connectivity index (χ1v) is 5.01. The molecule has 1 saturated carbocycles. The Morgan fingerprint density at radius 1 is 1.44 bits per heavy atom. The van der Waals surface area contributed by atoms with Crippen molar-refractivity contribution >= 4 is 11.5 Å². The molecule has 1 aliphatic rings. The van der Waals surface area contributed by atoms with Crippen LogP contribution in [0.5, 0.6) is 0 Å². The Kier molecular flexibility index (Phi) is 2.65. The average molecular weight is 231 g/mol. The minimum Gasteiger partial charge on any atom is -0.382 e. The Bertz CT molecular complexity index is 374. The lowest BCUT2D eigenvalue weighted by Gasteiger charge is -2.26. The zero-order valence-electron chi connectivity index (χ0n) is 8.54. The van der Waals surface area contributed by atoms with Gasteiger partial charge in [0.25, 0.3) is 0 Å². The lowest BCUT2D eigenvalue weighted by Crippen LogP contribution is -2.36. The molecule has 0 saturated heterocycles. The molecule has 1 fully saturated rings. The highest BCUT2D eigenvalue weighted by atomic mass is 19.4. The summed E-state index contributed by atoms with van der Waals surface area (Å²) in [7, 11) is 0. The van der Waals surface area contributed by atoms with Crippen molar-refractivity contribution in [2.75, 3.05) is 17.2 Å². The standard InChI is InChI=1S/C10H12F3N3/c11-10(12,13)6-16(7-3-4-7)8-2-1-5-15-9(8)14/h1-2,5,7H,3-4,6H2,(H2,14,15). The zero-order chi connectivity index (χ0) is 11.8. The van der Waals surface area contributed by atoms with Gasteiger partial charge in [-0.1, -0.05) is 0 Å². The first-order chi connectivity index (χ1) is 7.47. The molecule has 6 heteroatoms. The number of hydrogen-bond acceptors (Lipinski definition) is 3. The number of anilines is 2. The monoisotopic (exact) mass is 231 g/mol. The highest BCUT2D eigenvalue weighted by molar-refractivity contribution is 5.64. The van der Waals surface area contributed by atoms with Crippen LogP contribution in [0.4, 0.5) is 24.7 Å². The van der Waals surface area contributed by atoms with E-state index >= 15 is 0 Å². The van der Waals surface area contributed by atoms with E-state index in [1.54, 1.807) is 12.1 Å². The molecule has 1 aliphatic carbocycles. The second-order valence-corrected chi connectivity index (χ2v) is 3.88. The number of pyridine rings is 1. The van der Waals surface area contributed by atoms with Crippen molar-refractivity contribution in [2.24, 2.45) is 0 Å². The van der Waals surface area contributed by atoms with E-state index in [4.69, 9.17) is 5.73 Å². The van der Waals surface area contributed by atoms with Crippen LogP contribution in [0, 0.1) is 0 Å². The maximum absolute atomic E-state index is 12.4.